The van der Waals surface area contributed by atoms with Crippen LogP contribution >= 0.6 is 23.4 Å². The van der Waals surface area contributed by atoms with Crippen LogP contribution in [0, 0.1) is 24.5 Å². The van der Waals surface area contributed by atoms with Gasteiger partial charge in [-0.15, -0.1) is 0 Å². The second-order valence-corrected chi connectivity index (χ2v) is 6.74. The lowest BCUT2D eigenvalue weighted by molar-refractivity contribution is -0.113. The molecule has 0 bridgehead atoms. The van der Waals surface area contributed by atoms with E-state index in [9.17, 15) is 4.79 Å². The number of amides is 1. The van der Waals surface area contributed by atoms with E-state index in [0.717, 1.165) is 34.0 Å². The highest BCUT2D eigenvalue weighted by Crippen LogP contribution is 2.33. The van der Waals surface area contributed by atoms with Gasteiger partial charge in [-0.2, -0.15) is 5.26 Å². The minimum absolute atomic E-state index is 0.0653. The summed E-state index contributed by atoms with van der Waals surface area (Å²) in [6.45, 7) is 3.97. The summed E-state index contributed by atoms with van der Waals surface area (Å²) < 4.78 is 5.89. The summed E-state index contributed by atoms with van der Waals surface area (Å²) in [6.07, 6.45) is 0. The van der Waals surface area contributed by atoms with Crippen molar-refractivity contribution in [3.8, 4) is 16.9 Å². The maximum atomic E-state index is 11.8. The number of thiocyanates is 1. The van der Waals surface area contributed by atoms with Crippen molar-refractivity contribution in [2.45, 2.75) is 13.8 Å². The Morgan fingerprint density at radius 1 is 1.36 bits per heavy atom. The van der Waals surface area contributed by atoms with Crippen molar-refractivity contribution in [3.63, 3.8) is 0 Å². The minimum atomic E-state index is -0.260. The second-order valence-electron chi connectivity index (χ2n) is 5.57. The number of thioether (sulfide) groups is 1. The number of nitrogens with zero attached hydrogens (tertiary/aromatic N) is 2. The molecule has 126 valence electrons. The Morgan fingerprint density at radius 3 is 2.92 bits per heavy atom. The number of nitrogens with one attached hydrogen (secondary N) is 1. The number of rotatable bonds is 4. The molecule has 0 aliphatic carbocycles. The molecule has 25 heavy (non-hydrogen) atoms. The Hall–Kier alpha value is -2.49. The molecule has 3 aromatic rings. The van der Waals surface area contributed by atoms with Crippen LogP contribution in [0.3, 0.4) is 0 Å². The Balaban J connectivity index is 1.97. The van der Waals surface area contributed by atoms with Crippen LogP contribution in [0.15, 0.2) is 34.7 Å². The first-order chi connectivity index (χ1) is 12.0. The van der Waals surface area contributed by atoms with Crippen LogP contribution in [0.1, 0.15) is 11.1 Å². The maximum Gasteiger partial charge on any atom is 0.235 e. The zero-order chi connectivity index (χ0) is 18.0. The van der Waals surface area contributed by atoms with Crippen LogP contribution in [-0.2, 0) is 4.79 Å². The largest absolute Gasteiger partial charge is 0.436 e. The molecule has 0 saturated carbocycles. The Morgan fingerprint density at radius 2 is 2.16 bits per heavy atom. The number of carbonyl (C=O) groups is 1. The van der Waals surface area contributed by atoms with E-state index in [-0.39, 0.29) is 11.7 Å². The van der Waals surface area contributed by atoms with E-state index >= 15 is 0 Å². The third-order valence-corrected chi connectivity index (χ3v) is 4.43. The molecule has 0 aliphatic heterocycles. The third-order valence-electron chi connectivity index (χ3n) is 3.57. The summed E-state index contributed by atoms with van der Waals surface area (Å²) in [6, 6.07) is 9.07. The molecule has 0 aliphatic rings. The lowest BCUT2D eigenvalue weighted by Crippen LogP contribution is -2.13. The lowest BCUT2D eigenvalue weighted by atomic mass is 10.1. The highest BCUT2D eigenvalue weighted by Gasteiger charge is 2.15. The van der Waals surface area contributed by atoms with Crippen LogP contribution in [0.2, 0.25) is 5.02 Å². The topological polar surface area (TPSA) is 78.9 Å². The van der Waals surface area contributed by atoms with E-state index in [1.165, 1.54) is 0 Å². The number of halogens is 1. The Bertz CT molecular complexity index is 1010. The lowest BCUT2D eigenvalue weighted by Gasteiger charge is -2.06. The van der Waals surface area contributed by atoms with Crippen molar-refractivity contribution in [1.82, 2.24) is 4.98 Å². The molecule has 7 heteroatoms. The third kappa shape index (κ3) is 3.78. The number of nitriles is 1. The summed E-state index contributed by atoms with van der Waals surface area (Å²) >= 11 is 7.17. The summed E-state index contributed by atoms with van der Waals surface area (Å²) in [5, 5.41) is 13.6. The minimum Gasteiger partial charge on any atom is -0.436 e. The highest BCUT2D eigenvalue weighted by atomic mass is 35.5. The van der Waals surface area contributed by atoms with Crippen molar-refractivity contribution in [3.05, 3.63) is 46.5 Å². The molecule has 3 rings (SSSR count). The molecule has 0 unspecified atom stereocenters. The number of oxazole rings is 1. The number of anilines is 1. The standard InChI is InChI=1S/C18H14ClN3O2S/c1-10-5-11(2)17-15(6-10)22-18(24-17)13-7-12(3-4-14(13)19)21-16(23)8-25-9-20/h3-7H,8H2,1-2H3,(H,21,23). The predicted molar refractivity (Wildman–Crippen MR) is 101 cm³/mol. The molecule has 2 aromatic carbocycles. The number of aromatic nitrogens is 1. The summed E-state index contributed by atoms with van der Waals surface area (Å²) in [5.41, 5.74) is 4.76. The quantitative estimate of drug-likeness (QED) is 0.658. The van der Waals surface area contributed by atoms with E-state index < -0.39 is 0 Å². The number of hydrogen-bond acceptors (Lipinski definition) is 5. The first-order valence-corrected chi connectivity index (χ1v) is 8.82. The van der Waals surface area contributed by atoms with Crippen molar-refractivity contribution < 1.29 is 9.21 Å². The molecular formula is C18H14ClN3O2S. The fourth-order valence-electron chi connectivity index (χ4n) is 2.55. The number of carbonyl (C=O) groups excluding carboxylic acids is 1. The van der Waals surface area contributed by atoms with Crippen molar-refractivity contribution in [2.75, 3.05) is 11.1 Å². The summed E-state index contributed by atoms with van der Waals surface area (Å²) in [5.74, 6) is 0.204. The van der Waals surface area contributed by atoms with Gasteiger partial charge >= 0.3 is 0 Å². The van der Waals surface area contributed by atoms with Gasteiger partial charge in [0.25, 0.3) is 0 Å². The molecule has 0 fully saturated rings. The van der Waals surface area contributed by atoms with Gasteiger partial charge in [-0.1, -0.05) is 17.7 Å². The molecule has 0 radical (unpaired) electrons. The van der Waals surface area contributed by atoms with E-state index in [1.54, 1.807) is 18.2 Å². The van der Waals surface area contributed by atoms with E-state index in [0.29, 0.717) is 22.2 Å². The van der Waals surface area contributed by atoms with E-state index in [4.69, 9.17) is 21.3 Å². The molecule has 1 N–H and O–H groups in total. The van der Waals surface area contributed by atoms with Crippen LogP contribution in [-0.4, -0.2) is 16.6 Å². The monoisotopic (exact) mass is 371 g/mol. The molecule has 1 amide bonds. The molecule has 1 heterocycles. The maximum absolute atomic E-state index is 11.8. The first kappa shape index (κ1) is 17.3. The van der Waals surface area contributed by atoms with Gasteiger partial charge < -0.3 is 9.73 Å². The Labute approximate surface area is 154 Å². The normalized spacial score (nSPS) is 10.6. The van der Waals surface area contributed by atoms with Gasteiger partial charge in [0.05, 0.1) is 16.3 Å². The summed E-state index contributed by atoms with van der Waals surface area (Å²) in [4.78, 5) is 16.3. The number of fused-ring (bicyclic) bond motifs is 1. The van der Waals surface area contributed by atoms with Crippen molar-refractivity contribution >= 4 is 46.1 Å². The van der Waals surface area contributed by atoms with Gasteiger partial charge in [0, 0.05) is 5.69 Å². The van der Waals surface area contributed by atoms with Gasteiger partial charge in [0.2, 0.25) is 11.8 Å². The van der Waals surface area contributed by atoms with Crippen LogP contribution < -0.4 is 5.32 Å². The molecular weight excluding hydrogens is 358 g/mol. The molecule has 0 spiro atoms. The fourth-order valence-corrected chi connectivity index (χ4v) is 3.02. The van der Waals surface area contributed by atoms with Crippen LogP contribution in [0.4, 0.5) is 5.69 Å². The fraction of sp³-hybridized carbons (Fsp3) is 0.167. The molecule has 5 nitrogen and oxygen atoms in total. The average molecular weight is 372 g/mol. The Kier molecular flexibility index (Phi) is 4.98. The van der Waals surface area contributed by atoms with Gasteiger partial charge in [-0.3, -0.25) is 4.79 Å². The average Bonchev–Trinajstić information content (AvgIpc) is 2.98. The SMILES string of the molecule is Cc1cc(C)c2oc(-c3cc(NC(=O)CSC#N)ccc3Cl)nc2c1. The van der Waals surface area contributed by atoms with E-state index in [2.05, 4.69) is 10.3 Å². The van der Waals surface area contributed by atoms with Crippen molar-refractivity contribution in [2.24, 2.45) is 0 Å². The highest BCUT2D eigenvalue weighted by molar-refractivity contribution is 8.04. The van der Waals surface area contributed by atoms with Crippen LogP contribution in [0.5, 0.6) is 0 Å². The van der Waals surface area contributed by atoms with Crippen molar-refractivity contribution in [1.29, 1.82) is 5.26 Å². The number of hydrogen-bond donors (Lipinski definition) is 1. The predicted octanol–water partition coefficient (Wildman–Crippen LogP) is 4.92. The number of aryl methyl sites for hydroxylation is 2. The van der Waals surface area contributed by atoms with Gasteiger partial charge in [-0.05, 0) is 61.0 Å². The van der Waals surface area contributed by atoms with Gasteiger partial charge in [-0.25, -0.2) is 4.98 Å². The molecule has 0 atom stereocenters. The van der Waals surface area contributed by atoms with Gasteiger partial charge in [0.1, 0.15) is 10.9 Å². The van der Waals surface area contributed by atoms with Gasteiger partial charge in [0.15, 0.2) is 5.58 Å². The van der Waals surface area contributed by atoms with E-state index in [1.807, 2.05) is 31.4 Å². The first-order valence-electron chi connectivity index (χ1n) is 7.46. The molecule has 0 saturated heterocycles. The zero-order valence-corrected chi connectivity index (χ0v) is 15.2. The van der Waals surface area contributed by atoms with Crippen LogP contribution in [0.25, 0.3) is 22.6 Å². The summed E-state index contributed by atoms with van der Waals surface area (Å²) in [7, 11) is 0. The zero-order valence-electron chi connectivity index (χ0n) is 13.6. The second kappa shape index (κ2) is 7.18. The molecule has 1 aromatic heterocycles. The smallest absolute Gasteiger partial charge is 0.235 e. The number of benzene rings is 2.